The summed E-state index contributed by atoms with van der Waals surface area (Å²) in [4.78, 5) is 12.9. The molecule has 5 nitrogen and oxygen atoms in total. The number of halogens is 1. The molecule has 0 spiro atoms. The molecule has 1 heterocycles. The maximum Gasteiger partial charge on any atom is 0.304 e. The molecule has 0 aromatic heterocycles. The second kappa shape index (κ2) is 10.3. The summed E-state index contributed by atoms with van der Waals surface area (Å²) in [7, 11) is 0. The van der Waals surface area contributed by atoms with E-state index in [1.165, 1.54) is 0 Å². The largest absolute Gasteiger partial charge is 0.490 e. The van der Waals surface area contributed by atoms with Crippen LogP contribution in [0, 0.1) is 0 Å². The molecule has 3 rings (SSSR count). The normalized spacial score (nSPS) is 17.7. The van der Waals surface area contributed by atoms with Crippen molar-refractivity contribution in [3.05, 3.63) is 70.8 Å². The lowest BCUT2D eigenvalue weighted by atomic mass is 10.1. The van der Waals surface area contributed by atoms with Crippen molar-refractivity contribution in [2.24, 2.45) is 0 Å². The van der Waals surface area contributed by atoms with E-state index in [2.05, 4.69) is 4.90 Å². The zero-order valence-corrected chi connectivity index (χ0v) is 16.3. The van der Waals surface area contributed by atoms with Crippen molar-refractivity contribution >= 4 is 23.6 Å². The molecule has 2 aromatic rings. The molecule has 0 bridgehead atoms. The van der Waals surface area contributed by atoms with E-state index >= 15 is 0 Å². The topological polar surface area (TPSA) is 59.0 Å². The van der Waals surface area contributed by atoms with Gasteiger partial charge in [-0.2, -0.15) is 0 Å². The van der Waals surface area contributed by atoms with Crippen LogP contribution in [0.4, 0.5) is 0 Å². The first-order valence-corrected chi connectivity index (χ1v) is 9.68. The number of carboxylic acid groups (broad SMARTS) is 1. The lowest BCUT2D eigenvalue weighted by Crippen LogP contribution is -2.39. The fraction of sp³-hybridized carbons (Fsp3) is 0.318. The number of hydrogen-bond donors (Lipinski definition) is 1. The minimum Gasteiger partial charge on any atom is -0.490 e. The summed E-state index contributed by atoms with van der Waals surface area (Å²) in [6, 6.07) is 15.5. The van der Waals surface area contributed by atoms with Gasteiger partial charge >= 0.3 is 5.97 Å². The van der Waals surface area contributed by atoms with Crippen LogP contribution in [0.2, 0.25) is 5.02 Å². The predicted octanol–water partition coefficient (Wildman–Crippen LogP) is 4.28. The van der Waals surface area contributed by atoms with Crippen molar-refractivity contribution in [3.8, 4) is 5.75 Å². The zero-order chi connectivity index (χ0) is 19.8. The van der Waals surface area contributed by atoms with Crippen molar-refractivity contribution in [1.82, 2.24) is 4.90 Å². The number of nitrogens with zero attached hydrogens (tertiary/aromatic N) is 1. The first-order valence-electron chi connectivity index (χ1n) is 9.31. The Kier molecular flexibility index (Phi) is 7.48. The first-order chi connectivity index (χ1) is 13.6. The summed E-state index contributed by atoms with van der Waals surface area (Å²) in [5.41, 5.74) is 2.15. The molecule has 1 fully saturated rings. The number of carboxylic acids is 1. The summed E-state index contributed by atoms with van der Waals surface area (Å²) in [6.45, 7) is 3.11. The van der Waals surface area contributed by atoms with Gasteiger partial charge in [-0.15, -0.1) is 0 Å². The Labute approximate surface area is 170 Å². The quantitative estimate of drug-likeness (QED) is 0.715. The number of morpholine rings is 1. The fourth-order valence-corrected chi connectivity index (χ4v) is 3.17. The van der Waals surface area contributed by atoms with Gasteiger partial charge in [0.05, 0.1) is 19.1 Å². The van der Waals surface area contributed by atoms with E-state index in [1.54, 1.807) is 0 Å². The Morgan fingerprint density at radius 1 is 1.21 bits per heavy atom. The standard InChI is InChI=1S/C22H24ClNO4/c23-19-7-3-17(4-8-19)2-1-14-27-20-9-5-18(6-10-20)21-16-24(13-15-28-21)12-11-22(25)26/h1-10,21H,11-16H2,(H,25,26)/b2-1+. The molecule has 0 aliphatic carbocycles. The van der Waals surface area contributed by atoms with Crippen LogP contribution in [-0.2, 0) is 9.53 Å². The van der Waals surface area contributed by atoms with Gasteiger partial charge in [-0.25, -0.2) is 0 Å². The number of benzene rings is 2. The number of carbonyl (C=O) groups is 1. The summed E-state index contributed by atoms with van der Waals surface area (Å²) in [6.07, 6.45) is 4.07. The van der Waals surface area contributed by atoms with Crippen LogP contribution in [0.15, 0.2) is 54.6 Å². The summed E-state index contributed by atoms with van der Waals surface area (Å²) < 4.78 is 11.6. The fourth-order valence-electron chi connectivity index (χ4n) is 3.04. The molecule has 28 heavy (non-hydrogen) atoms. The molecule has 0 radical (unpaired) electrons. The van der Waals surface area contributed by atoms with Gasteiger partial charge in [0.2, 0.25) is 0 Å². The lowest BCUT2D eigenvalue weighted by molar-refractivity contribution is -0.137. The van der Waals surface area contributed by atoms with Crippen molar-refractivity contribution in [3.63, 3.8) is 0 Å². The smallest absolute Gasteiger partial charge is 0.304 e. The third-order valence-electron chi connectivity index (χ3n) is 4.57. The molecular weight excluding hydrogens is 378 g/mol. The molecule has 0 saturated carbocycles. The van der Waals surface area contributed by atoms with Crippen LogP contribution in [0.1, 0.15) is 23.7 Å². The van der Waals surface area contributed by atoms with E-state index in [4.69, 9.17) is 26.2 Å². The van der Waals surface area contributed by atoms with Gasteiger partial charge in [0.15, 0.2) is 0 Å². The highest BCUT2D eigenvalue weighted by atomic mass is 35.5. The van der Waals surface area contributed by atoms with E-state index in [9.17, 15) is 4.79 Å². The molecule has 0 amide bonds. The monoisotopic (exact) mass is 401 g/mol. The van der Waals surface area contributed by atoms with Crippen LogP contribution in [0.3, 0.4) is 0 Å². The second-order valence-electron chi connectivity index (χ2n) is 6.64. The number of hydrogen-bond acceptors (Lipinski definition) is 4. The highest BCUT2D eigenvalue weighted by molar-refractivity contribution is 6.30. The van der Waals surface area contributed by atoms with E-state index in [1.807, 2.05) is 60.7 Å². The highest BCUT2D eigenvalue weighted by Gasteiger charge is 2.22. The second-order valence-corrected chi connectivity index (χ2v) is 7.07. The van der Waals surface area contributed by atoms with Gasteiger partial charge in [-0.3, -0.25) is 9.69 Å². The Morgan fingerprint density at radius 2 is 1.96 bits per heavy atom. The molecule has 6 heteroatoms. The average Bonchev–Trinajstić information content (AvgIpc) is 2.72. The Bertz CT molecular complexity index is 789. The van der Waals surface area contributed by atoms with Gasteiger partial charge in [-0.1, -0.05) is 41.9 Å². The average molecular weight is 402 g/mol. The Balaban J connectivity index is 1.47. The molecule has 2 aromatic carbocycles. The summed E-state index contributed by atoms with van der Waals surface area (Å²) in [5, 5.41) is 9.56. The van der Waals surface area contributed by atoms with Crippen molar-refractivity contribution in [2.75, 3.05) is 32.8 Å². The zero-order valence-electron chi connectivity index (χ0n) is 15.6. The van der Waals surface area contributed by atoms with Crippen LogP contribution >= 0.6 is 11.6 Å². The van der Waals surface area contributed by atoms with E-state index in [-0.39, 0.29) is 12.5 Å². The van der Waals surface area contributed by atoms with Crippen LogP contribution in [-0.4, -0.2) is 48.8 Å². The third-order valence-corrected chi connectivity index (χ3v) is 4.82. The third kappa shape index (κ3) is 6.37. The minimum absolute atomic E-state index is 0.0404. The lowest BCUT2D eigenvalue weighted by Gasteiger charge is -2.32. The number of ether oxygens (including phenoxy) is 2. The number of aliphatic carboxylic acids is 1. The molecule has 1 saturated heterocycles. The number of rotatable bonds is 8. The predicted molar refractivity (Wildman–Crippen MR) is 110 cm³/mol. The first kappa shape index (κ1) is 20.4. The van der Waals surface area contributed by atoms with E-state index in [0.29, 0.717) is 26.3 Å². The van der Waals surface area contributed by atoms with Gasteiger partial charge in [0, 0.05) is 24.7 Å². The minimum atomic E-state index is -0.769. The van der Waals surface area contributed by atoms with Crippen LogP contribution < -0.4 is 4.74 Å². The Hall–Kier alpha value is -2.34. The highest BCUT2D eigenvalue weighted by Crippen LogP contribution is 2.24. The molecular formula is C22H24ClNO4. The maximum atomic E-state index is 10.8. The van der Waals surface area contributed by atoms with Gasteiger partial charge in [0.25, 0.3) is 0 Å². The molecule has 1 aliphatic rings. The molecule has 1 aliphatic heterocycles. The molecule has 1 N–H and O–H groups in total. The van der Waals surface area contributed by atoms with Gasteiger partial charge in [-0.05, 0) is 41.5 Å². The van der Waals surface area contributed by atoms with Crippen LogP contribution in [0.5, 0.6) is 5.75 Å². The van der Waals surface area contributed by atoms with Gasteiger partial charge < -0.3 is 14.6 Å². The van der Waals surface area contributed by atoms with Crippen LogP contribution in [0.25, 0.3) is 6.08 Å². The summed E-state index contributed by atoms with van der Waals surface area (Å²) >= 11 is 5.87. The maximum absolute atomic E-state index is 10.8. The molecule has 148 valence electrons. The molecule has 1 atom stereocenters. The Morgan fingerprint density at radius 3 is 2.68 bits per heavy atom. The van der Waals surface area contributed by atoms with Crippen molar-refractivity contribution in [1.29, 1.82) is 0 Å². The van der Waals surface area contributed by atoms with Crippen molar-refractivity contribution < 1.29 is 19.4 Å². The van der Waals surface area contributed by atoms with Crippen molar-refractivity contribution in [2.45, 2.75) is 12.5 Å². The van der Waals surface area contributed by atoms with E-state index in [0.717, 1.165) is 28.4 Å². The molecule has 1 unspecified atom stereocenters. The SMILES string of the molecule is O=C(O)CCN1CCOC(c2ccc(OC/C=C/c3ccc(Cl)cc3)cc2)C1. The summed E-state index contributed by atoms with van der Waals surface area (Å²) in [5.74, 6) is 0.0257. The van der Waals surface area contributed by atoms with E-state index < -0.39 is 5.97 Å². The van der Waals surface area contributed by atoms with Gasteiger partial charge in [0.1, 0.15) is 12.4 Å².